The van der Waals surface area contributed by atoms with E-state index in [-0.39, 0.29) is 0 Å². The second kappa shape index (κ2) is 2.31. The maximum absolute atomic E-state index is 10.00. The molecule has 1 rings (SSSR count). The average molecular weight is 109 g/mol. The van der Waals surface area contributed by atoms with Crippen molar-refractivity contribution in [3.63, 3.8) is 0 Å². The van der Waals surface area contributed by atoms with E-state index < -0.39 is 0 Å². The van der Waals surface area contributed by atoms with Crippen LogP contribution < -0.4 is 5.32 Å². The van der Waals surface area contributed by atoms with E-state index in [9.17, 15) is 4.79 Å². The molecule has 0 spiro atoms. The van der Waals surface area contributed by atoms with Crippen LogP contribution in [0.4, 0.5) is 0 Å². The quantitative estimate of drug-likeness (QED) is 0.499. The number of carbonyl (C=O) groups excluding carboxylic acids is 1. The summed E-state index contributed by atoms with van der Waals surface area (Å²) in [6.45, 7) is 0. The van der Waals surface area contributed by atoms with Gasteiger partial charge >= 0.3 is 0 Å². The summed E-state index contributed by atoms with van der Waals surface area (Å²) in [5, 5.41) is 2.78. The van der Waals surface area contributed by atoms with E-state index >= 15 is 0 Å². The topological polar surface area (TPSA) is 29.1 Å². The summed E-state index contributed by atoms with van der Waals surface area (Å²) in [6, 6.07) is 0. The third-order valence-electron chi connectivity index (χ3n) is 0.969. The first-order valence-electron chi connectivity index (χ1n) is 2.50. The maximum Gasteiger partial charge on any atom is 0.165 e. The Morgan fingerprint density at radius 1 is 1.75 bits per heavy atom. The van der Waals surface area contributed by atoms with Gasteiger partial charge in [0.05, 0.1) is 5.70 Å². The highest BCUT2D eigenvalue weighted by molar-refractivity contribution is 5.72. The van der Waals surface area contributed by atoms with E-state index in [0.29, 0.717) is 5.70 Å². The Morgan fingerprint density at radius 3 is 3.00 bits per heavy atom. The summed E-state index contributed by atoms with van der Waals surface area (Å²) in [5.41, 5.74) is 0.660. The van der Waals surface area contributed by atoms with Crippen molar-refractivity contribution in [2.24, 2.45) is 0 Å². The van der Waals surface area contributed by atoms with Crippen LogP contribution in [0, 0.1) is 0 Å². The average Bonchev–Trinajstić information content (AvgIpc) is 1.90. The third-order valence-corrected chi connectivity index (χ3v) is 0.969. The molecule has 0 aromatic rings. The molecule has 8 heavy (non-hydrogen) atoms. The minimum atomic E-state index is 0.660. The molecule has 2 heteroatoms. The number of nitrogens with one attached hydrogen (secondary N) is 1. The standard InChI is InChI=1S/C6H7NO/c8-5-6-3-1-2-4-7-6/h2-5,7H,1H2. The van der Waals surface area contributed by atoms with Gasteiger partial charge in [-0.1, -0.05) is 12.2 Å². The van der Waals surface area contributed by atoms with Crippen LogP contribution in [-0.2, 0) is 4.79 Å². The lowest BCUT2D eigenvalue weighted by molar-refractivity contribution is -0.105. The van der Waals surface area contributed by atoms with Crippen molar-refractivity contribution < 1.29 is 4.79 Å². The van der Waals surface area contributed by atoms with Crippen molar-refractivity contribution >= 4 is 6.29 Å². The summed E-state index contributed by atoms with van der Waals surface area (Å²) in [7, 11) is 0. The molecule has 0 fully saturated rings. The number of rotatable bonds is 1. The molecular weight excluding hydrogens is 102 g/mol. The summed E-state index contributed by atoms with van der Waals surface area (Å²) < 4.78 is 0. The van der Waals surface area contributed by atoms with Crippen molar-refractivity contribution in [1.29, 1.82) is 0 Å². The molecule has 0 radical (unpaired) electrons. The van der Waals surface area contributed by atoms with Gasteiger partial charge in [-0.05, 0) is 12.6 Å². The van der Waals surface area contributed by atoms with Gasteiger partial charge in [0.15, 0.2) is 6.29 Å². The van der Waals surface area contributed by atoms with Crippen molar-refractivity contribution in [3.8, 4) is 0 Å². The minimum Gasteiger partial charge on any atom is -0.360 e. The summed E-state index contributed by atoms with van der Waals surface area (Å²) in [6.07, 6.45) is 7.23. The molecule has 0 aromatic heterocycles. The lowest BCUT2D eigenvalue weighted by Gasteiger charge is -2.01. The Hall–Kier alpha value is -1.05. The second-order valence-electron chi connectivity index (χ2n) is 1.56. The van der Waals surface area contributed by atoms with E-state index in [1.807, 2.05) is 12.2 Å². The van der Waals surface area contributed by atoms with Crippen molar-refractivity contribution in [3.05, 3.63) is 24.0 Å². The van der Waals surface area contributed by atoms with Crippen LogP contribution in [0.1, 0.15) is 6.42 Å². The highest BCUT2D eigenvalue weighted by Crippen LogP contribution is 1.95. The number of hydrogen-bond donors (Lipinski definition) is 1. The zero-order valence-corrected chi connectivity index (χ0v) is 4.42. The van der Waals surface area contributed by atoms with E-state index in [1.54, 1.807) is 6.20 Å². The van der Waals surface area contributed by atoms with Crippen molar-refractivity contribution in [1.82, 2.24) is 5.32 Å². The number of allylic oxidation sites excluding steroid dienone is 3. The van der Waals surface area contributed by atoms with Crippen LogP contribution in [-0.4, -0.2) is 6.29 Å². The maximum atomic E-state index is 10.00. The Balaban J connectivity index is 2.55. The zero-order valence-electron chi connectivity index (χ0n) is 4.42. The van der Waals surface area contributed by atoms with Crippen LogP contribution in [0.3, 0.4) is 0 Å². The predicted octanol–water partition coefficient (Wildman–Crippen LogP) is 0.576. The van der Waals surface area contributed by atoms with Gasteiger partial charge in [0, 0.05) is 0 Å². The van der Waals surface area contributed by atoms with Gasteiger partial charge in [0.25, 0.3) is 0 Å². The predicted molar refractivity (Wildman–Crippen MR) is 31.0 cm³/mol. The summed E-state index contributed by atoms with van der Waals surface area (Å²) >= 11 is 0. The van der Waals surface area contributed by atoms with Gasteiger partial charge in [-0.15, -0.1) is 0 Å². The molecule has 0 bridgehead atoms. The second-order valence-corrected chi connectivity index (χ2v) is 1.56. The minimum absolute atomic E-state index is 0.660. The van der Waals surface area contributed by atoms with E-state index in [2.05, 4.69) is 5.32 Å². The first kappa shape index (κ1) is 5.09. The lowest BCUT2D eigenvalue weighted by Crippen LogP contribution is -2.07. The number of aldehydes is 1. The molecule has 42 valence electrons. The van der Waals surface area contributed by atoms with E-state index in [1.165, 1.54) is 0 Å². The van der Waals surface area contributed by atoms with Crippen LogP contribution in [0.25, 0.3) is 0 Å². The Labute approximate surface area is 47.9 Å². The molecule has 1 aliphatic rings. The molecule has 0 saturated carbocycles. The fourth-order valence-corrected chi connectivity index (χ4v) is 0.559. The largest absolute Gasteiger partial charge is 0.360 e. The van der Waals surface area contributed by atoms with Crippen LogP contribution >= 0.6 is 0 Å². The molecule has 1 N–H and O–H groups in total. The van der Waals surface area contributed by atoms with Gasteiger partial charge < -0.3 is 5.32 Å². The molecule has 0 aromatic carbocycles. The molecule has 0 aliphatic carbocycles. The lowest BCUT2D eigenvalue weighted by atomic mass is 10.3. The fraction of sp³-hybridized carbons (Fsp3) is 0.167. The molecule has 0 amide bonds. The Morgan fingerprint density at radius 2 is 2.62 bits per heavy atom. The highest BCUT2D eigenvalue weighted by atomic mass is 16.1. The van der Waals surface area contributed by atoms with Crippen LogP contribution in [0.15, 0.2) is 24.0 Å². The molecule has 1 aliphatic heterocycles. The highest BCUT2D eigenvalue weighted by Gasteiger charge is 1.91. The number of carbonyl (C=O) groups is 1. The van der Waals surface area contributed by atoms with Gasteiger partial charge in [0.1, 0.15) is 0 Å². The molecule has 0 saturated heterocycles. The SMILES string of the molecule is O=CC1=CCC=CN1. The van der Waals surface area contributed by atoms with Gasteiger partial charge in [0.2, 0.25) is 0 Å². The van der Waals surface area contributed by atoms with Gasteiger partial charge in [-0.2, -0.15) is 0 Å². The van der Waals surface area contributed by atoms with Crippen molar-refractivity contribution in [2.45, 2.75) is 6.42 Å². The molecule has 1 heterocycles. The number of dihydropyridines is 1. The van der Waals surface area contributed by atoms with Gasteiger partial charge in [-0.25, -0.2) is 0 Å². The van der Waals surface area contributed by atoms with Crippen LogP contribution in [0.2, 0.25) is 0 Å². The fourth-order valence-electron chi connectivity index (χ4n) is 0.559. The normalized spacial score (nSPS) is 16.8. The molecule has 2 nitrogen and oxygen atoms in total. The smallest absolute Gasteiger partial charge is 0.165 e. The Kier molecular flexibility index (Phi) is 1.47. The Bertz CT molecular complexity index is 147. The zero-order chi connectivity index (χ0) is 5.82. The van der Waals surface area contributed by atoms with E-state index in [4.69, 9.17) is 0 Å². The van der Waals surface area contributed by atoms with Crippen molar-refractivity contribution in [2.75, 3.05) is 0 Å². The summed E-state index contributed by atoms with van der Waals surface area (Å²) in [5.74, 6) is 0. The first-order chi connectivity index (χ1) is 3.93. The third kappa shape index (κ3) is 0.964. The van der Waals surface area contributed by atoms with Crippen LogP contribution in [0.5, 0.6) is 0 Å². The number of hydrogen-bond acceptors (Lipinski definition) is 2. The molecule has 0 atom stereocenters. The molecular formula is C6H7NO. The van der Waals surface area contributed by atoms with E-state index in [0.717, 1.165) is 12.7 Å². The monoisotopic (exact) mass is 109 g/mol. The first-order valence-corrected chi connectivity index (χ1v) is 2.50. The molecule has 0 unspecified atom stereocenters. The summed E-state index contributed by atoms with van der Waals surface area (Å²) in [4.78, 5) is 10.00. The van der Waals surface area contributed by atoms with Gasteiger partial charge in [-0.3, -0.25) is 4.79 Å².